The molecule has 0 N–H and O–H groups in total. The Bertz CT molecular complexity index is 3710. The number of nitrogens with zero attached hydrogens (tertiary/aromatic N) is 1. The molecule has 0 unspecified atom stereocenters. The maximum absolute atomic E-state index is 6.92. The van der Waals surface area contributed by atoms with Crippen LogP contribution in [0.5, 0.6) is 0 Å². The third kappa shape index (κ3) is 4.59. The number of hydrogen-bond acceptors (Lipinski definition) is 2. The summed E-state index contributed by atoms with van der Waals surface area (Å²) >= 11 is 0. The van der Waals surface area contributed by atoms with Gasteiger partial charge in [0.1, 0.15) is 11.2 Å². The van der Waals surface area contributed by atoms with E-state index in [1.807, 2.05) is 0 Å². The summed E-state index contributed by atoms with van der Waals surface area (Å²) in [5.41, 5.74) is 22.5. The second-order valence-corrected chi connectivity index (χ2v) is 18.4. The Hall–Kier alpha value is -7.94. The lowest BCUT2D eigenvalue weighted by Gasteiger charge is -2.32. The van der Waals surface area contributed by atoms with E-state index in [-0.39, 0.29) is 5.41 Å². The minimum absolute atomic E-state index is 0.173. The monoisotopic (exact) mass is 815 g/mol. The van der Waals surface area contributed by atoms with E-state index in [1.165, 1.54) is 77.5 Å². The molecule has 300 valence electrons. The van der Waals surface area contributed by atoms with Crippen molar-refractivity contribution >= 4 is 49.8 Å². The molecule has 0 radical (unpaired) electrons. The van der Waals surface area contributed by atoms with E-state index in [0.717, 1.165) is 50.1 Å². The maximum Gasteiger partial charge on any atom is 0.143 e. The standard InChI is InChI=1S/C62H41NO/c1-61(2)52-24-12-8-20-44(52)48-31-29-40(36-56(48)61)63(42-34-50(38-16-4-3-5-17-38)60-51(35-42)59-43-19-7-6-18-39(43)28-33-58(59)64-60)41-30-32-49-47-23-11-15-27-55(47)62(57(49)37-41)53-25-13-9-21-45(53)46-22-10-14-26-54(46)62/h3-37H,1-2H3. The van der Waals surface area contributed by atoms with Crippen molar-refractivity contribution < 1.29 is 4.42 Å². The van der Waals surface area contributed by atoms with Crippen molar-refractivity contribution in [3.63, 3.8) is 0 Å². The lowest BCUT2D eigenvalue weighted by Crippen LogP contribution is -2.26. The zero-order valence-electron chi connectivity index (χ0n) is 35.6. The van der Waals surface area contributed by atoms with Crippen LogP contribution in [0.2, 0.25) is 0 Å². The van der Waals surface area contributed by atoms with Crippen LogP contribution in [-0.2, 0) is 10.8 Å². The molecular formula is C62H41NO. The molecule has 3 aliphatic rings. The van der Waals surface area contributed by atoms with Gasteiger partial charge in [0.25, 0.3) is 0 Å². The van der Waals surface area contributed by atoms with Crippen molar-refractivity contribution in [1.29, 1.82) is 0 Å². The largest absolute Gasteiger partial charge is 0.455 e. The SMILES string of the molecule is CC1(C)c2ccccc2-c2ccc(N(c3ccc4c(c3)C3(c5ccccc5-c5ccccc53)c3ccccc3-4)c3cc(-c4ccccc4)c4oc5ccc6ccccc6c5c4c3)cc21. The van der Waals surface area contributed by atoms with Gasteiger partial charge in [-0.3, -0.25) is 0 Å². The fraction of sp³-hybridized carbons (Fsp3) is 0.0645. The molecule has 0 aliphatic heterocycles. The molecule has 0 amide bonds. The van der Waals surface area contributed by atoms with Gasteiger partial charge in [0.15, 0.2) is 0 Å². The summed E-state index contributed by atoms with van der Waals surface area (Å²) in [5, 5.41) is 4.63. The minimum atomic E-state index is -0.471. The highest BCUT2D eigenvalue weighted by Crippen LogP contribution is 2.63. The van der Waals surface area contributed by atoms with Crippen LogP contribution in [0.4, 0.5) is 17.1 Å². The lowest BCUT2D eigenvalue weighted by atomic mass is 9.70. The number of furan rings is 1. The first-order valence-electron chi connectivity index (χ1n) is 22.4. The number of rotatable bonds is 4. The molecule has 14 rings (SSSR count). The van der Waals surface area contributed by atoms with Crippen molar-refractivity contribution in [2.24, 2.45) is 0 Å². The van der Waals surface area contributed by atoms with Gasteiger partial charge in [-0.25, -0.2) is 0 Å². The average Bonchev–Trinajstić information content (AvgIpc) is 4.04. The van der Waals surface area contributed by atoms with Crippen LogP contribution in [0.25, 0.3) is 77.2 Å². The van der Waals surface area contributed by atoms with Crippen LogP contribution in [-0.4, -0.2) is 0 Å². The molecule has 0 saturated heterocycles. The van der Waals surface area contributed by atoms with E-state index in [9.17, 15) is 0 Å². The molecule has 1 aromatic heterocycles. The van der Waals surface area contributed by atoms with E-state index in [4.69, 9.17) is 4.42 Å². The zero-order chi connectivity index (χ0) is 42.3. The maximum atomic E-state index is 6.92. The second-order valence-electron chi connectivity index (χ2n) is 18.4. The van der Waals surface area contributed by atoms with Crippen molar-refractivity contribution in [2.75, 3.05) is 4.90 Å². The van der Waals surface area contributed by atoms with Crippen LogP contribution in [0, 0.1) is 0 Å². The first-order chi connectivity index (χ1) is 31.5. The highest BCUT2D eigenvalue weighted by Gasteiger charge is 2.51. The molecule has 0 saturated carbocycles. The van der Waals surface area contributed by atoms with Gasteiger partial charge in [-0.1, -0.05) is 184 Å². The number of benzene rings is 10. The van der Waals surface area contributed by atoms with Crippen LogP contribution in [0.3, 0.4) is 0 Å². The summed E-state index contributed by atoms with van der Waals surface area (Å²) in [6, 6.07) is 79.0. The third-order valence-corrected chi connectivity index (χ3v) is 14.9. The summed E-state index contributed by atoms with van der Waals surface area (Å²) in [6.07, 6.45) is 0. The highest BCUT2D eigenvalue weighted by molar-refractivity contribution is 6.21. The Kier molecular flexibility index (Phi) is 7.13. The smallest absolute Gasteiger partial charge is 0.143 e. The predicted octanol–water partition coefficient (Wildman–Crippen LogP) is 16.5. The first-order valence-corrected chi connectivity index (χ1v) is 22.4. The average molecular weight is 816 g/mol. The van der Waals surface area contributed by atoms with Crippen LogP contribution >= 0.6 is 0 Å². The Labute approximate surface area is 372 Å². The van der Waals surface area contributed by atoms with E-state index >= 15 is 0 Å². The van der Waals surface area contributed by atoms with E-state index in [2.05, 4.69) is 231 Å². The summed E-state index contributed by atoms with van der Waals surface area (Å²) < 4.78 is 6.92. The second kappa shape index (κ2) is 12.8. The fourth-order valence-corrected chi connectivity index (χ4v) is 12.1. The van der Waals surface area contributed by atoms with Gasteiger partial charge in [0.2, 0.25) is 0 Å². The highest BCUT2D eigenvalue weighted by atomic mass is 16.3. The Morgan fingerprint density at radius 2 is 0.875 bits per heavy atom. The van der Waals surface area contributed by atoms with Gasteiger partial charge >= 0.3 is 0 Å². The molecule has 0 atom stereocenters. The van der Waals surface area contributed by atoms with Gasteiger partial charge in [-0.2, -0.15) is 0 Å². The van der Waals surface area contributed by atoms with E-state index < -0.39 is 5.41 Å². The molecule has 2 heteroatoms. The summed E-state index contributed by atoms with van der Waals surface area (Å²) in [6.45, 7) is 4.75. The van der Waals surface area contributed by atoms with Gasteiger partial charge in [0, 0.05) is 38.8 Å². The van der Waals surface area contributed by atoms with E-state index in [0.29, 0.717) is 0 Å². The summed E-state index contributed by atoms with van der Waals surface area (Å²) in [4.78, 5) is 2.51. The molecule has 11 aromatic rings. The Morgan fingerprint density at radius 3 is 1.53 bits per heavy atom. The topological polar surface area (TPSA) is 16.4 Å². The molecule has 1 spiro atoms. The summed E-state index contributed by atoms with van der Waals surface area (Å²) in [5.74, 6) is 0. The normalized spacial score (nSPS) is 14.3. The number of fused-ring (bicyclic) bond motifs is 18. The van der Waals surface area contributed by atoms with E-state index in [1.54, 1.807) is 0 Å². The van der Waals surface area contributed by atoms with Crippen LogP contribution in [0.15, 0.2) is 217 Å². The third-order valence-electron chi connectivity index (χ3n) is 14.9. The Morgan fingerprint density at radius 1 is 0.359 bits per heavy atom. The fourth-order valence-electron chi connectivity index (χ4n) is 12.1. The lowest BCUT2D eigenvalue weighted by molar-refractivity contribution is 0.660. The molecule has 0 bridgehead atoms. The van der Waals surface area contributed by atoms with Gasteiger partial charge in [-0.15, -0.1) is 0 Å². The molecule has 2 nitrogen and oxygen atoms in total. The molecule has 3 aliphatic carbocycles. The van der Waals surface area contributed by atoms with Gasteiger partial charge in [-0.05, 0) is 126 Å². The number of hydrogen-bond donors (Lipinski definition) is 0. The van der Waals surface area contributed by atoms with Crippen LogP contribution in [0.1, 0.15) is 47.2 Å². The quantitative estimate of drug-likeness (QED) is 0.176. The van der Waals surface area contributed by atoms with Crippen molar-refractivity contribution in [2.45, 2.75) is 24.7 Å². The molecular weight excluding hydrogens is 775 g/mol. The Balaban J connectivity index is 1.09. The van der Waals surface area contributed by atoms with Crippen molar-refractivity contribution in [3.8, 4) is 44.5 Å². The summed E-state index contributed by atoms with van der Waals surface area (Å²) in [7, 11) is 0. The predicted molar refractivity (Wildman–Crippen MR) is 265 cm³/mol. The van der Waals surface area contributed by atoms with Gasteiger partial charge in [0.05, 0.1) is 5.41 Å². The number of anilines is 3. The first kappa shape index (κ1) is 35.6. The zero-order valence-corrected chi connectivity index (χ0v) is 35.6. The van der Waals surface area contributed by atoms with Gasteiger partial charge < -0.3 is 9.32 Å². The molecule has 1 heterocycles. The molecule has 0 fully saturated rings. The van der Waals surface area contributed by atoms with Crippen molar-refractivity contribution in [3.05, 3.63) is 246 Å². The molecule has 10 aromatic carbocycles. The van der Waals surface area contributed by atoms with Crippen molar-refractivity contribution in [1.82, 2.24) is 0 Å². The van der Waals surface area contributed by atoms with Crippen LogP contribution < -0.4 is 4.90 Å². The minimum Gasteiger partial charge on any atom is -0.455 e. The molecule has 64 heavy (non-hydrogen) atoms.